The summed E-state index contributed by atoms with van der Waals surface area (Å²) in [6.07, 6.45) is 1.09. The van der Waals surface area contributed by atoms with Crippen LogP contribution in [0.2, 0.25) is 0 Å². The average molecular weight is 305 g/mol. The molecule has 2 aromatic heterocycles. The first-order valence-corrected chi connectivity index (χ1v) is 8.29. The number of likely N-dealkylation sites (N-methyl/N-ethyl adjacent to an activating group) is 1. The maximum atomic E-state index is 8.70. The van der Waals surface area contributed by atoms with E-state index in [0.717, 1.165) is 17.8 Å². The van der Waals surface area contributed by atoms with Gasteiger partial charge in [0.2, 0.25) is 0 Å². The number of aliphatic hydroxyl groups excluding tert-OH is 1. The first-order valence-electron chi connectivity index (χ1n) is 6.60. The molecule has 0 spiro atoms. The van der Waals surface area contributed by atoms with Crippen molar-refractivity contribution in [2.75, 3.05) is 13.7 Å². The van der Waals surface area contributed by atoms with Crippen LogP contribution < -0.4 is 0 Å². The Morgan fingerprint density at radius 1 is 1.30 bits per heavy atom. The van der Waals surface area contributed by atoms with Crippen LogP contribution in [0.15, 0.2) is 29.6 Å². The first kappa shape index (κ1) is 15.3. The molecule has 0 amide bonds. The SMILES string of the molecule is CC(Cc1cccs1)N(C)Cc1ccc(C#CCO)s1. The lowest BCUT2D eigenvalue weighted by Gasteiger charge is -2.23. The van der Waals surface area contributed by atoms with Crippen molar-refractivity contribution in [3.05, 3.63) is 44.3 Å². The van der Waals surface area contributed by atoms with Gasteiger partial charge in [0.25, 0.3) is 0 Å². The highest BCUT2D eigenvalue weighted by molar-refractivity contribution is 7.12. The Morgan fingerprint density at radius 3 is 2.85 bits per heavy atom. The fourth-order valence-electron chi connectivity index (χ4n) is 1.93. The second-order valence-electron chi connectivity index (χ2n) is 4.77. The maximum absolute atomic E-state index is 8.70. The topological polar surface area (TPSA) is 23.5 Å². The molecule has 2 heterocycles. The molecule has 0 bridgehead atoms. The number of rotatable bonds is 5. The largest absolute Gasteiger partial charge is 0.384 e. The van der Waals surface area contributed by atoms with Gasteiger partial charge < -0.3 is 5.11 Å². The van der Waals surface area contributed by atoms with Gasteiger partial charge in [0, 0.05) is 22.3 Å². The smallest absolute Gasteiger partial charge is 0.104 e. The predicted molar refractivity (Wildman–Crippen MR) is 87.2 cm³/mol. The van der Waals surface area contributed by atoms with Crippen LogP contribution in [0.1, 0.15) is 21.6 Å². The molecule has 106 valence electrons. The normalized spacial score (nSPS) is 12.2. The number of hydrogen-bond donors (Lipinski definition) is 1. The lowest BCUT2D eigenvalue weighted by Crippen LogP contribution is -2.29. The summed E-state index contributed by atoms with van der Waals surface area (Å²) >= 11 is 3.52. The van der Waals surface area contributed by atoms with Gasteiger partial charge in [-0.05, 0) is 44.0 Å². The Balaban J connectivity index is 1.90. The molecule has 0 aliphatic carbocycles. The van der Waals surface area contributed by atoms with E-state index in [1.807, 2.05) is 17.4 Å². The van der Waals surface area contributed by atoms with Gasteiger partial charge in [-0.2, -0.15) is 0 Å². The highest BCUT2D eigenvalue weighted by Gasteiger charge is 2.12. The van der Waals surface area contributed by atoms with Crippen molar-refractivity contribution in [1.29, 1.82) is 0 Å². The highest BCUT2D eigenvalue weighted by atomic mass is 32.1. The molecule has 2 nitrogen and oxygen atoms in total. The van der Waals surface area contributed by atoms with Crippen LogP contribution in [0.4, 0.5) is 0 Å². The molecule has 1 unspecified atom stereocenters. The zero-order chi connectivity index (χ0) is 14.4. The van der Waals surface area contributed by atoms with Crippen LogP contribution >= 0.6 is 22.7 Å². The molecule has 0 saturated carbocycles. The molecule has 0 aliphatic heterocycles. The van der Waals surface area contributed by atoms with Crippen LogP contribution in [0.25, 0.3) is 0 Å². The van der Waals surface area contributed by atoms with E-state index in [4.69, 9.17) is 5.11 Å². The van der Waals surface area contributed by atoms with Gasteiger partial charge in [-0.25, -0.2) is 0 Å². The highest BCUT2D eigenvalue weighted by Crippen LogP contribution is 2.19. The van der Waals surface area contributed by atoms with Gasteiger partial charge in [0.15, 0.2) is 0 Å². The van der Waals surface area contributed by atoms with Gasteiger partial charge >= 0.3 is 0 Å². The molecule has 0 fully saturated rings. The van der Waals surface area contributed by atoms with Crippen LogP contribution in [-0.4, -0.2) is 29.7 Å². The molecule has 1 atom stereocenters. The van der Waals surface area contributed by atoms with Crippen molar-refractivity contribution < 1.29 is 5.11 Å². The maximum Gasteiger partial charge on any atom is 0.104 e. The fourth-order valence-corrected chi connectivity index (χ4v) is 3.71. The minimum absolute atomic E-state index is 0.0784. The number of hydrogen-bond acceptors (Lipinski definition) is 4. The average Bonchev–Trinajstić information content (AvgIpc) is 3.08. The summed E-state index contributed by atoms with van der Waals surface area (Å²) in [4.78, 5) is 6.14. The third kappa shape index (κ3) is 4.46. The van der Waals surface area contributed by atoms with Crippen molar-refractivity contribution in [3.8, 4) is 11.8 Å². The van der Waals surface area contributed by atoms with Gasteiger partial charge in [-0.3, -0.25) is 4.90 Å². The van der Waals surface area contributed by atoms with Crippen molar-refractivity contribution in [2.24, 2.45) is 0 Å². The van der Waals surface area contributed by atoms with Crippen LogP contribution in [0.3, 0.4) is 0 Å². The van der Waals surface area contributed by atoms with E-state index < -0.39 is 0 Å². The van der Waals surface area contributed by atoms with Crippen LogP contribution in [0.5, 0.6) is 0 Å². The lowest BCUT2D eigenvalue weighted by atomic mass is 10.2. The van der Waals surface area contributed by atoms with E-state index in [-0.39, 0.29) is 6.61 Å². The minimum atomic E-state index is -0.0784. The van der Waals surface area contributed by atoms with E-state index in [2.05, 4.69) is 54.3 Å². The Kier molecular flexibility index (Phi) is 5.81. The summed E-state index contributed by atoms with van der Waals surface area (Å²) in [5.74, 6) is 5.64. The van der Waals surface area contributed by atoms with E-state index >= 15 is 0 Å². The quantitative estimate of drug-likeness (QED) is 0.858. The minimum Gasteiger partial charge on any atom is -0.384 e. The van der Waals surface area contributed by atoms with Crippen molar-refractivity contribution in [2.45, 2.75) is 25.9 Å². The lowest BCUT2D eigenvalue weighted by molar-refractivity contribution is 0.251. The van der Waals surface area contributed by atoms with E-state index in [9.17, 15) is 0 Å². The molecule has 1 N–H and O–H groups in total. The molecule has 20 heavy (non-hydrogen) atoms. The van der Waals surface area contributed by atoms with E-state index in [1.165, 1.54) is 9.75 Å². The monoisotopic (exact) mass is 305 g/mol. The molecular formula is C16H19NOS2. The molecule has 0 aromatic carbocycles. The Morgan fingerprint density at radius 2 is 2.15 bits per heavy atom. The molecule has 4 heteroatoms. The summed E-state index contributed by atoms with van der Waals surface area (Å²) < 4.78 is 0. The Bertz CT molecular complexity index is 577. The Hall–Kier alpha value is -1.12. The molecule has 2 aromatic rings. The molecule has 0 saturated heterocycles. The number of nitrogens with zero attached hydrogens (tertiary/aromatic N) is 1. The molecular weight excluding hydrogens is 286 g/mol. The molecule has 0 aliphatic rings. The predicted octanol–water partition coefficient (Wildman–Crippen LogP) is 3.22. The van der Waals surface area contributed by atoms with Crippen molar-refractivity contribution in [1.82, 2.24) is 4.90 Å². The first-order chi connectivity index (χ1) is 9.69. The summed E-state index contributed by atoms with van der Waals surface area (Å²) in [5, 5.41) is 10.8. The summed E-state index contributed by atoms with van der Waals surface area (Å²) in [5.41, 5.74) is 0. The zero-order valence-corrected chi connectivity index (χ0v) is 13.4. The second-order valence-corrected chi connectivity index (χ2v) is 6.97. The third-order valence-corrected chi connectivity index (χ3v) is 5.07. The third-order valence-electron chi connectivity index (χ3n) is 3.19. The molecule has 0 radical (unpaired) electrons. The van der Waals surface area contributed by atoms with Crippen molar-refractivity contribution in [3.63, 3.8) is 0 Å². The van der Waals surface area contributed by atoms with Gasteiger partial charge in [-0.15, -0.1) is 22.7 Å². The Labute approximate surface area is 128 Å². The van der Waals surface area contributed by atoms with Crippen LogP contribution in [0, 0.1) is 11.8 Å². The molecule has 2 rings (SSSR count). The fraction of sp³-hybridized carbons (Fsp3) is 0.375. The summed E-state index contributed by atoms with van der Waals surface area (Å²) in [6.45, 7) is 3.13. The number of thiophene rings is 2. The summed E-state index contributed by atoms with van der Waals surface area (Å²) in [6, 6.07) is 8.98. The van der Waals surface area contributed by atoms with E-state index in [0.29, 0.717) is 6.04 Å². The zero-order valence-electron chi connectivity index (χ0n) is 11.8. The van der Waals surface area contributed by atoms with Gasteiger partial charge in [0.05, 0.1) is 4.88 Å². The van der Waals surface area contributed by atoms with Crippen LogP contribution in [-0.2, 0) is 13.0 Å². The van der Waals surface area contributed by atoms with Crippen molar-refractivity contribution >= 4 is 22.7 Å². The second kappa shape index (κ2) is 7.61. The summed E-state index contributed by atoms with van der Waals surface area (Å²) in [7, 11) is 2.16. The van der Waals surface area contributed by atoms with E-state index in [1.54, 1.807) is 11.3 Å². The van der Waals surface area contributed by atoms with Gasteiger partial charge in [-0.1, -0.05) is 17.9 Å². The number of aliphatic hydroxyl groups is 1. The standard InChI is InChI=1S/C16H19NOS2/c1-13(11-15-6-4-10-19-15)17(2)12-16-8-7-14(20-16)5-3-9-18/h4,6-8,10,13,18H,9,11-12H2,1-2H3. The van der Waals surface area contributed by atoms with Gasteiger partial charge in [0.1, 0.15) is 6.61 Å².